The SMILES string of the molecule is O=C(Nc1nnc(-c2ccccn2)s1)c1ccccc1OCc1ccncc1. The van der Waals surface area contributed by atoms with Crippen molar-refractivity contribution in [2.75, 3.05) is 5.32 Å². The third-order valence-corrected chi connectivity index (χ3v) is 4.67. The lowest BCUT2D eigenvalue weighted by Gasteiger charge is -2.10. The van der Waals surface area contributed by atoms with Gasteiger partial charge in [0, 0.05) is 18.6 Å². The van der Waals surface area contributed by atoms with Crippen LogP contribution in [0.25, 0.3) is 10.7 Å². The average Bonchev–Trinajstić information content (AvgIpc) is 3.22. The van der Waals surface area contributed by atoms with Crippen LogP contribution in [0.2, 0.25) is 0 Å². The molecule has 1 amide bonds. The van der Waals surface area contributed by atoms with E-state index >= 15 is 0 Å². The molecule has 8 heteroatoms. The third-order valence-electron chi connectivity index (χ3n) is 3.80. The topological polar surface area (TPSA) is 89.9 Å². The molecule has 0 aliphatic carbocycles. The van der Waals surface area contributed by atoms with Crippen molar-refractivity contribution < 1.29 is 9.53 Å². The van der Waals surface area contributed by atoms with Gasteiger partial charge in [0.25, 0.3) is 5.91 Å². The summed E-state index contributed by atoms with van der Waals surface area (Å²) >= 11 is 1.26. The lowest BCUT2D eigenvalue weighted by atomic mass is 10.2. The van der Waals surface area contributed by atoms with Crippen LogP contribution in [0.1, 0.15) is 15.9 Å². The monoisotopic (exact) mass is 389 g/mol. The van der Waals surface area contributed by atoms with Gasteiger partial charge in [-0.2, -0.15) is 0 Å². The molecule has 0 saturated heterocycles. The predicted molar refractivity (Wildman–Crippen MR) is 106 cm³/mol. The van der Waals surface area contributed by atoms with Crippen LogP contribution in [-0.4, -0.2) is 26.1 Å². The predicted octanol–water partition coefficient (Wildman–Crippen LogP) is 3.83. The molecule has 4 aromatic rings. The number of nitrogens with one attached hydrogen (secondary N) is 1. The second kappa shape index (κ2) is 8.36. The molecule has 3 aromatic heterocycles. The minimum atomic E-state index is -0.311. The standard InChI is InChI=1S/C20H15N5O2S/c26-18(23-20-25-24-19(28-20)16-6-3-4-10-22-16)15-5-1-2-7-17(15)27-13-14-8-11-21-12-9-14/h1-12H,13H2,(H,23,25,26). The molecule has 4 rings (SSSR count). The summed E-state index contributed by atoms with van der Waals surface area (Å²) in [5.41, 5.74) is 2.10. The highest BCUT2D eigenvalue weighted by molar-refractivity contribution is 7.18. The number of nitrogens with zero attached hydrogens (tertiary/aromatic N) is 4. The Kier molecular flexibility index (Phi) is 5.30. The van der Waals surface area contributed by atoms with Gasteiger partial charge in [-0.25, -0.2) is 0 Å². The number of carbonyl (C=O) groups excluding carboxylic acids is 1. The van der Waals surface area contributed by atoms with Gasteiger partial charge >= 0.3 is 0 Å². The fourth-order valence-electron chi connectivity index (χ4n) is 2.45. The van der Waals surface area contributed by atoms with E-state index in [-0.39, 0.29) is 5.91 Å². The van der Waals surface area contributed by atoms with Crippen molar-refractivity contribution in [2.45, 2.75) is 6.61 Å². The van der Waals surface area contributed by atoms with Crippen LogP contribution >= 0.6 is 11.3 Å². The van der Waals surface area contributed by atoms with Crippen molar-refractivity contribution in [1.82, 2.24) is 20.2 Å². The van der Waals surface area contributed by atoms with Crippen molar-refractivity contribution in [3.8, 4) is 16.5 Å². The van der Waals surface area contributed by atoms with Crippen LogP contribution in [0.4, 0.5) is 5.13 Å². The Bertz CT molecular complexity index is 1070. The van der Waals surface area contributed by atoms with Crippen LogP contribution < -0.4 is 10.1 Å². The molecule has 0 unspecified atom stereocenters. The van der Waals surface area contributed by atoms with E-state index < -0.39 is 0 Å². The first-order valence-corrected chi connectivity index (χ1v) is 9.28. The molecular formula is C20H15N5O2S. The molecular weight excluding hydrogens is 374 g/mol. The van der Waals surface area contributed by atoms with E-state index in [1.54, 1.807) is 36.8 Å². The van der Waals surface area contributed by atoms with Crippen LogP contribution in [0.5, 0.6) is 5.75 Å². The van der Waals surface area contributed by atoms with Crippen LogP contribution in [0.15, 0.2) is 73.2 Å². The molecule has 28 heavy (non-hydrogen) atoms. The maximum atomic E-state index is 12.7. The smallest absolute Gasteiger partial charge is 0.261 e. The largest absolute Gasteiger partial charge is 0.488 e. The zero-order valence-electron chi connectivity index (χ0n) is 14.6. The molecule has 138 valence electrons. The Morgan fingerprint density at radius 2 is 1.79 bits per heavy atom. The highest BCUT2D eigenvalue weighted by Gasteiger charge is 2.15. The number of para-hydroxylation sites is 1. The van der Waals surface area contributed by atoms with E-state index in [9.17, 15) is 4.79 Å². The lowest BCUT2D eigenvalue weighted by molar-refractivity contribution is 0.102. The van der Waals surface area contributed by atoms with Crippen molar-refractivity contribution in [3.63, 3.8) is 0 Å². The molecule has 0 aliphatic rings. The number of anilines is 1. The maximum absolute atomic E-state index is 12.7. The summed E-state index contributed by atoms with van der Waals surface area (Å²) in [7, 11) is 0. The fraction of sp³-hybridized carbons (Fsp3) is 0.0500. The number of benzene rings is 1. The molecule has 0 aliphatic heterocycles. The summed E-state index contributed by atoms with van der Waals surface area (Å²) in [5.74, 6) is 0.181. The number of hydrogen-bond acceptors (Lipinski definition) is 7. The Labute approximate surface area is 165 Å². The van der Waals surface area contributed by atoms with Gasteiger partial charge in [0.15, 0.2) is 5.01 Å². The molecule has 0 fully saturated rings. The summed E-state index contributed by atoms with van der Waals surface area (Å²) in [6.07, 6.45) is 5.09. The zero-order valence-corrected chi connectivity index (χ0v) is 15.5. The number of hydrogen-bond donors (Lipinski definition) is 1. The molecule has 7 nitrogen and oxygen atoms in total. The van der Waals surface area contributed by atoms with Crippen LogP contribution in [0.3, 0.4) is 0 Å². The number of rotatable bonds is 6. The molecule has 1 N–H and O–H groups in total. The van der Waals surface area contributed by atoms with E-state index in [0.717, 1.165) is 5.56 Å². The van der Waals surface area contributed by atoms with E-state index in [1.165, 1.54) is 11.3 Å². The number of carbonyl (C=O) groups is 1. The molecule has 3 heterocycles. The summed E-state index contributed by atoms with van der Waals surface area (Å²) in [6, 6.07) is 16.3. The van der Waals surface area contributed by atoms with Crippen LogP contribution in [-0.2, 0) is 6.61 Å². The minimum Gasteiger partial charge on any atom is -0.488 e. The fourth-order valence-corrected chi connectivity index (χ4v) is 3.17. The second-order valence-electron chi connectivity index (χ2n) is 5.72. The van der Waals surface area contributed by atoms with Crippen LogP contribution in [0, 0.1) is 0 Å². The number of ether oxygens (including phenoxy) is 1. The highest BCUT2D eigenvalue weighted by Crippen LogP contribution is 2.26. The van der Waals surface area contributed by atoms with Gasteiger partial charge in [-0.3, -0.25) is 20.1 Å². The molecule has 0 atom stereocenters. The third kappa shape index (κ3) is 4.18. The summed E-state index contributed by atoms with van der Waals surface area (Å²) < 4.78 is 5.83. The van der Waals surface area contributed by atoms with E-state index in [2.05, 4.69) is 25.5 Å². The van der Waals surface area contributed by atoms with Crippen molar-refractivity contribution >= 4 is 22.4 Å². The van der Waals surface area contributed by atoms with E-state index in [1.807, 2.05) is 36.4 Å². The van der Waals surface area contributed by atoms with Gasteiger partial charge in [0.2, 0.25) is 5.13 Å². The highest BCUT2D eigenvalue weighted by atomic mass is 32.1. The first-order valence-electron chi connectivity index (χ1n) is 8.46. The number of amides is 1. The normalized spacial score (nSPS) is 10.4. The molecule has 0 bridgehead atoms. The van der Waals surface area contributed by atoms with Gasteiger partial charge in [0.1, 0.15) is 18.1 Å². The first-order chi connectivity index (χ1) is 13.8. The molecule has 0 saturated carbocycles. The van der Waals surface area contributed by atoms with Gasteiger partial charge in [-0.05, 0) is 42.0 Å². The molecule has 0 radical (unpaired) electrons. The molecule has 0 spiro atoms. The quantitative estimate of drug-likeness (QED) is 0.539. The number of pyridine rings is 2. The lowest BCUT2D eigenvalue weighted by Crippen LogP contribution is -2.13. The van der Waals surface area contributed by atoms with Crippen molar-refractivity contribution in [2.24, 2.45) is 0 Å². The number of aromatic nitrogens is 4. The van der Waals surface area contributed by atoms with Crippen molar-refractivity contribution in [1.29, 1.82) is 0 Å². The Morgan fingerprint density at radius 3 is 2.61 bits per heavy atom. The van der Waals surface area contributed by atoms with Gasteiger partial charge < -0.3 is 4.74 Å². The van der Waals surface area contributed by atoms with Gasteiger partial charge in [0.05, 0.1) is 5.56 Å². The first kappa shape index (κ1) is 17.7. The second-order valence-corrected chi connectivity index (χ2v) is 6.70. The Hall–Kier alpha value is -3.65. The molecule has 1 aromatic carbocycles. The summed E-state index contributed by atoms with van der Waals surface area (Å²) in [4.78, 5) is 20.9. The van der Waals surface area contributed by atoms with Crippen molar-refractivity contribution in [3.05, 3.63) is 84.3 Å². The Morgan fingerprint density at radius 1 is 0.964 bits per heavy atom. The zero-order chi connectivity index (χ0) is 19.2. The Balaban J connectivity index is 1.47. The van der Waals surface area contributed by atoms with E-state index in [0.29, 0.717) is 33.8 Å². The van der Waals surface area contributed by atoms with E-state index in [4.69, 9.17) is 4.74 Å². The van der Waals surface area contributed by atoms with Gasteiger partial charge in [-0.1, -0.05) is 29.5 Å². The summed E-state index contributed by atoms with van der Waals surface area (Å²) in [6.45, 7) is 0.343. The maximum Gasteiger partial charge on any atom is 0.261 e. The minimum absolute atomic E-state index is 0.311. The summed E-state index contributed by atoms with van der Waals surface area (Å²) in [5, 5.41) is 11.9. The van der Waals surface area contributed by atoms with Gasteiger partial charge in [-0.15, -0.1) is 10.2 Å². The average molecular weight is 389 g/mol.